The highest BCUT2D eigenvalue weighted by molar-refractivity contribution is 5.91. The van der Waals surface area contributed by atoms with Crippen molar-refractivity contribution in [2.24, 2.45) is 0 Å². The van der Waals surface area contributed by atoms with Gasteiger partial charge in [0.2, 0.25) is 11.8 Å². The third-order valence-corrected chi connectivity index (χ3v) is 3.79. The van der Waals surface area contributed by atoms with Crippen LogP contribution in [-0.2, 0) is 11.2 Å². The summed E-state index contributed by atoms with van der Waals surface area (Å²) in [5, 5.41) is 2.96. The Morgan fingerprint density at radius 2 is 1.92 bits per heavy atom. The maximum atomic E-state index is 12.0. The number of nitrogens with zero attached hydrogens (tertiary/aromatic N) is 1. The number of amides is 1. The summed E-state index contributed by atoms with van der Waals surface area (Å²) in [7, 11) is 0. The summed E-state index contributed by atoms with van der Waals surface area (Å²) in [6.45, 7) is 2.01. The number of aromatic nitrogens is 1. The largest absolute Gasteiger partial charge is 0.437 e. The first-order valence-electron chi connectivity index (χ1n) is 8.09. The molecule has 0 fully saturated rings. The van der Waals surface area contributed by atoms with Crippen LogP contribution in [0.1, 0.15) is 24.8 Å². The van der Waals surface area contributed by atoms with Crippen molar-refractivity contribution in [1.29, 1.82) is 0 Å². The van der Waals surface area contributed by atoms with Gasteiger partial charge in [0, 0.05) is 18.2 Å². The van der Waals surface area contributed by atoms with E-state index in [9.17, 15) is 4.79 Å². The van der Waals surface area contributed by atoms with E-state index in [4.69, 9.17) is 4.42 Å². The van der Waals surface area contributed by atoms with E-state index in [1.807, 2.05) is 49.4 Å². The zero-order valence-corrected chi connectivity index (χ0v) is 13.6. The van der Waals surface area contributed by atoms with Crippen molar-refractivity contribution in [3.05, 3.63) is 72.1 Å². The second kappa shape index (κ2) is 7.59. The van der Waals surface area contributed by atoms with Gasteiger partial charge >= 0.3 is 0 Å². The third kappa shape index (κ3) is 4.32. The Bertz CT molecular complexity index is 804. The lowest BCUT2D eigenvalue weighted by molar-refractivity contribution is -0.117. The molecule has 0 saturated heterocycles. The zero-order chi connectivity index (χ0) is 16.8. The van der Waals surface area contributed by atoms with Gasteiger partial charge in [-0.1, -0.05) is 42.5 Å². The molecule has 0 aliphatic carbocycles. The van der Waals surface area contributed by atoms with E-state index >= 15 is 0 Å². The maximum absolute atomic E-state index is 12.0. The molecule has 0 radical (unpaired) electrons. The molecule has 4 heteroatoms. The molecule has 1 atom stereocenters. The molecule has 2 aromatic carbocycles. The Balaban J connectivity index is 1.51. The van der Waals surface area contributed by atoms with E-state index in [0.717, 1.165) is 18.4 Å². The number of nitrogens with one attached hydrogen (secondary N) is 1. The number of fused-ring (bicyclic) bond motifs is 1. The molecule has 24 heavy (non-hydrogen) atoms. The molecule has 0 bridgehead atoms. The van der Waals surface area contributed by atoms with Crippen LogP contribution in [0.15, 0.2) is 65.1 Å². The molecule has 1 heterocycles. The smallest absolute Gasteiger partial charge is 0.244 e. The van der Waals surface area contributed by atoms with E-state index < -0.39 is 0 Å². The minimum absolute atomic E-state index is 0.103. The Morgan fingerprint density at radius 1 is 1.17 bits per heavy atom. The third-order valence-electron chi connectivity index (χ3n) is 3.79. The number of oxazole rings is 1. The highest BCUT2D eigenvalue weighted by atomic mass is 16.3. The molecule has 3 aromatic rings. The number of carbonyl (C=O) groups is 1. The topological polar surface area (TPSA) is 55.1 Å². The molecular formula is C20H20N2O2. The normalized spacial score (nSPS) is 12.5. The molecule has 1 unspecified atom stereocenters. The second-order valence-corrected chi connectivity index (χ2v) is 5.79. The van der Waals surface area contributed by atoms with Crippen LogP contribution in [-0.4, -0.2) is 16.9 Å². The molecular weight excluding hydrogens is 300 g/mol. The molecule has 0 aliphatic heterocycles. The van der Waals surface area contributed by atoms with Gasteiger partial charge < -0.3 is 9.73 Å². The molecule has 4 nitrogen and oxygen atoms in total. The van der Waals surface area contributed by atoms with E-state index in [1.165, 1.54) is 11.6 Å². The van der Waals surface area contributed by atoms with Crippen molar-refractivity contribution in [1.82, 2.24) is 10.3 Å². The lowest BCUT2D eigenvalue weighted by atomic mass is 10.1. The van der Waals surface area contributed by atoms with Crippen LogP contribution in [0.25, 0.3) is 17.2 Å². The average molecular weight is 320 g/mol. The van der Waals surface area contributed by atoms with E-state index in [0.29, 0.717) is 11.5 Å². The molecule has 0 spiro atoms. The summed E-state index contributed by atoms with van der Waals surface area (Å²) < 4.78 is 5.55. The van der Waals surface area contributed by atoms with Gasteiger partial charge in [-0.15, -0.1) is 0 Å². The predicted molar refractivity (Wildman–Crippen MR) is 95.4 cm³/mol. The van der Waals surface area contributed by atoms with Gasteiger partial charge in [0.1, 0.15) is 5.52 Å². The number of hydrogen-bond donors (Lipinski definition) is 1. The minimum Gasteiger partial charge on any atom is -0.437 e. The molecule has 122 valence electrons. The van der Waals surface area contributed by atoms with E-state index in [-0.39, 0.29) is 11.9 Å². The van der Waals surface area contributed by atoms with Gasteiger partial charge in [-0.2, -0.15) is 0 Å². The van der Waals surface area contributed by atoms with Crippen molar-refractivity contribution in [3.63, 3.8) is 0 Å². The number of rotatable bonds is 6. The summed E-state index contributed by atoms with van der Waals surface area (Å²) in [6.07, 6.45) is 4.90. The number of benzene rings is 2. The van der Waals surface area contributed by atoms with Crippen molar-refractivity contribution in [3.8, 4) is 0 Å². The number of hydrogen-bond acceptors (Lipinski definition) is 3. The van der Waals surface area contributed by atoms with Crippen molar-refractivity contribution >= 4 is 23.1 Å². The number of para-hydroxylation sites is 2. The Kier molecular flexibility index (Phi) is 5.06. The van der Waals surface area contributed by atoms with Gasteiger partial charge in [0.25, 0.3) is 0 Å². The lowest BCUT2D eigenvalue weighted by Gasteiger charge is -2.12. The van der Waals surface area contributed by atoms with Gasteiger partial charge in [-0.05, 0) is 37.5 Å². The van der Waals surface area contributed by atoms with E-state index in [1.54, 1.807) is 6.08 Å². The fraction of sp³-hybridized carbons (Fsp3) is 0.200. The van der Waals surface area contributed by atoms with Crippen LogP contribution < -0.4 is 5.32 Å². The van der Waals surface area contributed by atoms with Crippen molar-refractivity contribution in [2.45, 2.75) is 25.8 Å². The fourth-order valence-electron chi connectivity index (χ4n) is 2.50. The monoisotopic (exact) mass is 320 g/mol. The van der Waals surface area contributed by atoms with Crippen LogP contribution in [0.4, 0.5) is 0 Å². The quantitative estimate of drug-likeness (QED) is 0.699. The Hall–Kier alpha value is -2.88. The van der Waals surface area contributed by atoms with Crippen molar-refractivity contribution < 1.29 is 9.21 Å². The molecule has 1 N–H and O–H groups in total. The van der Waals surface area contributed by atoms with Crippen molar-refractivity contribution in [2.75, 3.05) is 0 Å². The maximum Gasteiger partial charge on any atom is 0.244 e. The molecule has 0 saturated carbocycles. The number of carbonyl (C=O) groups excluding carboxylic acids is 1. The van der Waals surface area contributed by atoms with Crippen LogP contribution in [0.2, 0.25) is 0 Å². The standard InChI is InChI=1S/C20H20N2O2/c1-15(11-12-16-7-3-2-4-8-16)21-19(23)13-14-20-22-17-9-5-6-10-18(17)24-20/h2-10,13-15H,11-12H2,1H3,(H,21,23)/b14-13+. The molecule has 1 aromatic heterocycles. The number of aryl methyl sites for hydroxylation is 1. The van der Waals surface area contributed by atoms with Crippen LogP contribution in [0.5, 0.6) is 0 Å². The van der Waals surface area contributed by atoms with Crippen LogP contribution in [0, 0.1) is 0 Å². The summed E-state index contributed by atoms with van der Waals surface area (Å²) in [4.78, 5) is 16.3. The second-order valence-electron chi connectivity index (χ2n) is 5.79. The summed E-state index contributed by atoms with van der Waals surface area (Å²) >= 11 is 0. The molecule has 3 rings (SSSR count). The highest BCUT2D eigenvalue weighted by Gasteiger charge is 2.06. The van der Waals surface area contributed by atoms with Gasteiger partial charge in [-0.25, -0.2) is 4.98 Å². The average Bonchev–Trinajstić information content (AvgIpc) is 3.02. The SMILES string of the molecule is CC(CCc1ccccc1)NC(=O)/C=C/c1nc2ccccc2o1. The molecule has 0 aliphatic rings. The summed E-state index contributed by atoms with van der Waals surface area (Å²) in [6, 6.07) is 17.9. The lowest BCUT2D eigenvalue weighted by Crippen LogP contribution is -2.31. The highest BCUT2D eigenvalue weighted by Crippen LogP contribution is 2.15. The Labute approximate surface area is 141 Å². The van der Waals surface area contributed by atoms with Gasteiger partial charge in [0.05, 0.1) is 0 Å². The first-order valence-corrected chi connectivity index (χ1v) is 8.09. The summed E-state index contributed by atoms with van der Waals surface area (Å²) in [5.41, 5.74) is 2.78. The first-order chi connectivity index (χ1) is 11.7. The van der Waals surface area contributed by atoms with Gasteiger partial charge in [0.15, 0.2) is 5.58 Å². The van der Waals surface area contributed by atoms with Gasteiger partial charge in [-0.3, -0.25) is 4.79 Å². The minimum atomic E-state index is -0.141. The zero-order valence-electron chi connectivity index (χ0n) is 13.6. The predicted octanol–water partition coefficient (Wildman–Crippen LogP) is 3.98. The first kappa shape index (κ1) is 16.0. The van der Waals surface area contributed by atoms with Crippen LogP contribution >= 0.6 is 0 Å². The Morgan fingerprint density at radius 3 is 2.71 bits per heavy atom. The fourth-order valence-corrected chi connectivity index (χ4v) is 2.50. The van der Waals surface area contributed by atoms with E-state index in [2.05, 4.69) is 22.4 Å². The van der Waals surface area contributed by atoms with Crippen LogP contribution in [0.3, 0.4) is 0 Å². The molecule has 1 amide bonds. The summed E-state index contributed by atoms with van der Waals surface area (Å²) in [5.74, 6) is 0.293.